The molecule has 2 aromatic rings. The second-order valence-electron chi connectivity index (χ2n) is 4.33. The van der Waals surface area contributed by atoms with Gasteiger partial charge in [0.2, 0.25) is 0 Å². The zero-order valence-electron chi connectivity index (χ0n) is 10.7. The molecule has 0 heterocycles. The summed E-state index contributed by atoms with van der Waals surface area (Å²) in [5.74, 6) is -0.783. The first-order chi connectivity index (χ1) is 9.91. The molecule has 2 rings (SSSR count). The summed E-state index contributed by atoms with van der Waals surface area (Å²) < 4.78 is 38.6. The van der Waals surface area contributed by atoms with Crippen LogP contribution in [-0.2, 0) is 11.5 Å². The Bertz CT molecular complexity index is 655. The lowest BCUT2D eigenvalue weighted by atomic mass is 10.1. The van der Waals surface area contributed by atoms with Crippen molar-refractivity contribution in [3.8, 4) is 0 Å². The molecule has 2 aromatic carbocycles. The Morgan fingerprint density at radius 3 is 2.48 bits per heavy atom. The summed E-state index contributed by atoms with van der Waals surface area (Å²) in [6, 6.07) is 11.6. The molecule has 6 heteroatoms. The smallest absolute Gasteiger partial charge is 0.322 e. The lowest BCUT2D eigenvalue weighted by Crippen LogP contribution is -2.18. The normalized spacial score (nSPS) is 11.2. The third-order valence-corrected chi connectivity index (χ3v) is 3.46. The third-order valence-electron chi connectivity index (χ3n) is 2.82. The number of carbonyl (C=O) groups excluding carboxylic acids is 1. The average Bonchev–Trinajstić information content (AvgIpc) is 2.46. The molecule has 0 bridgehead atoms. The quantitative estimate of drug-likeness (QED) is 0.781. The highest BCUT2D eigenvalue weighted by Crippen LogP contribution is 2.32. The first-order valence-electron chi connectivity index (χ1n) is 6.04. The number of rotatable bonds is 3. The van der Waals surface area contributed by atoms with E-state index in [2.05, 4.69) is 21.2 Å². The summed E-state index contributed by atoms with van der Waals surface area (Å²) in [7, 11) is 0. The van der Waals surface area contributed by atoms with Gasteiger partial charge in [-0.15, -0.1) is 0 Å². The fourth-order valence-electron chi connectivity index (χ4n) is 1.86. The predicted octanol–water partition coefficient (Wildman–Crippen LogP) is 4.85. The summed E-state index contributed by atoms with van der Waals surface area (Å²) in [4.78, 5) is 12.1. The van der Waals surface area contributed by atoms with E-state index in [9.17, 15) is 18.0 Å². The Morgan fingerprint density at radius 2 is 1.81 bits per heavy atom. The molecule has 0 aliphatic carbocycles. The number of hydrogen-bond donors (Lipinski definition) is 1. The Labute approximate surface area is 128 Å². The molecule has 0 radical (unpaired) electrons. The fourth-order valence-corrected chi connectivity index (χ4v) is 2.21. The van der Waals surface area contributed by atoms with Crippen LogP contribution in [0.5, 0.6) is 0 Å². The Balaban J connectivity index is 2.29. The van der Waals surface area contributed by atoms with Crippen LogP contribution in [0.25, 0.3) is 0 Å². The van der Waals surface area contributed by atoms with Gasteiger partial charge in [-0.1, -0.05) is 40.2 Å². The summed E-state index contributed by atoms with van der Waals surface area (Å²) in [6.07, 6.45) is -4.56. The van der Waals surface area contributed by atoms with Crippen LogP contribution < -0.4 is 5.32 Å². The van der Waals surface area contributed by atoms with Gasteiger partial charge in [-0.2, -0.15) is 13.2 Å². The van der Waals surface area contributed by atoms with Crippen molar-refractivity contribution < 1.29 is 18.0 Å². The average molecular weight is 358 g/mol. The highest BCUT2D eigenvalue weighted by Gasteiger charge is 2.34. The molecular weight excluding hydrogens is 347 g/mol. The van der Waals surface area contributed by atoms with Gasteiger partial charge in [0.15, 0.2) is 0 Å². The minimum absolute atomic E-state index is 0.394. The molecule has 0 unspecified atom stereocenters. The maximum Gasteiger partial charge on any atom is 0.417 e. The molecule has 0 aliphatic heterocycles. The maximum absolute atomic E-state index is 12.9. The molecule has 0 saturated heterocycles. The largest absolute Gasteiger partial charge is 0.417 e. The fraction of sp³-hybridized carbons (Fsp3) is 0.133. The van der Waals surface area contributed by atoms with Crippen LogP contribution in [0.15, 0.2) is 48.5 Å². The van der Waals surface area contributed by atoms with Gasteiger partial charge < -0.3 is 5.32 Å². The van der Waals surface area contributed by atoms with E-state index in [1.165, 1.54) is 12.1 Å². The molecule has 0 fully saturated rings. The monoisotopic (exact) mass is 357 g/mol. The van der Waals surface area contributed by atoms with Crippen molar-refractivity contribution in [3.63, 3.8) is 0 Å². The molecule has 0 aliphatic rings. The number of amides is 1. The highest BCUT2D eigenvalue weighted by molar-refractivity contribution is 9.08. The van der Waals surface area contributed by atoms with Gasteiger partial charge in [0.05, 0.1) is 11.1 Å². The van der Waals surface area contributed by atoms with Crippen LogP contribution in [0, 0.1) is 0 Å². The minimum atomic E-state index is -4.56. The van der Waals surface area contributed by atoms with Crippen LogP contribution in [0.2, 0.25) is 0 Å². The van der Waals surface area contributed by atoms with E-state index in [0.29, 0.717) is 11.0 Å². The number of benzene rings is 2. The van der Waals surface area contributed by atoms with Gasteiger partial charge in [-0.05, 0) is 29.8 Å². The number of carbonyl (C=O) groups is 1. The summed E-state index contributed by atoms with van der Waals surface area (Å²) in [6.45, 7) is 0. The second kappa shape index (κ2) is 6.30. The highest BCUT2D eigenvalue weighted by atomic mass is 79.9. The van der Waals surface area contributed by atoms with Crippen molar-refractivity contribution in [2.24, 2.45) is 0 Å². The van der Waals surface area contributed by atoms with Crippen molar-refractivity contribution in [1.29, 1.82) is 0 Å². The van der Waals surface area contributed by atoms with Crippen LogP contribution in [0.1, 0.15) is 21.5 Å². The number of anilines is 1. The van der Waals surface area contributed by atoms with Crippen molar-refractivity contribution in [2.75, 3.05) is 5.32 Å². The summed E-state index contributed by atoms with van der Waals surface area (Å²) >= 11 is 3.28. The Hall–Kier alpha value is -1.82. The van der Waals surface area contributed by atoms with Crippen molar-refractivity contribution in [1.82, 2.24) is 0 Å². The molecule has 21 heavy (non-hydrogen) atoms. The molecule has 2 nitrogen and oxygen atoms in total. The lowest BCUT2D eigenvalue weighted by Gasteiger charge is -2.13. The standard InChI is InChI=1S/C15H11BrF3NO/c16-9-10-4-3-5-11(8-10)20-14(21)12-6-1-2-7-13(12)15(17,18)19/h1-8H,9H2,(H,20,21). The second-order valence-corrected chi connectivity index (χ2v) is 4.89. The molecule has 1 N–H and O–H groups in total. The predicted molar refractivity (Wildman–Crippen MR) is 78.5 cm³/mol. The van der Waals surface area contributed by atoms with E-state index < -0.39 is 23.2 Å². The molecule has 110 valence electrons. The van der Waals surface area contributed by atoms with Gasteiger partial charge in [-0.3, -0.25) is 4.79 Å². The topological polar surface area (TPSA) is 29.1 Å². The van der Waals surface area contributed by atoms with Crippen molar-refractivity contribution in [2.45, 2.75) is 11.5 Å². The van der Waals surface area contributed by atoms with Gasteiger partial charge >= 0.3 is 6.18 Å². The van der Waals surface area contributed by atoms with Crippen LogP contribution in [0.4, 0.5) is 18.9 Å². The van der Waals surface area contributed by atoms with Crippen molar-refractivity contribution in [3.05, 3.63) is 65.2 Å². The van der Waals surface area contributed by atoms with E-state index in [-0.39, 0.29) is 0 Å². The first-order valence-corrected chi connectivity index (χ1v) is 7.16. The number of halogens is 4. The number of alkyl halides is 4. The van der Waals surface area contributed by atoms with Gasteiger partial charge in [-0.25, -0.2) is 0 Å². The zero-order valence-corrected chi connectivity index (χ0v) is 12.3. The van der Waals surface area contributed by atoms with E-state index >= 15 is 0 Å². The van der Waals surface area contributed by atoms with E-state index in [1.54, 1.807) is 18.2 Å². The van der Waals surface area contributed by atoms with Gasteiger partial charge in [0.1, 0.15) is 0 Å². The third kappa shape index (κ3) is 3.85. The molecule has 0 saturated carbocycles. The van der Waals surface area contributed by atoms with Crippen molar-refractivity contribution >= 4 is 27.5 Å². The number of nitrogens with one attached hydrogen (secondary N) is 1. The Morgan fingerprint density at radius 1 is 1.10 bits per heavy atom. The zero-order chi connectivity index (χ0) is 15.5. The van der Waals surface area contributed by atoms with Crippen LogP contribution in [0.3, 0.4) is 0 Å². The van der Waals surface area contributed by atoms with Gasteiger partial charge in [0, 0.05) is 11.0 Å². The SMILES string of the molecule is O=C(Nc1cccc(CBr)c1)c1ccccc1C(F)(F)F. The minimum Gasteiger partial charge on any atom is -0.322 e. The summed E-state index contributed by atoms with van der Waals surface area (Å²) in [5, 5.41) is 3.08. The molecule has 0 spiro atoms. The van der Waals surface area contributed by atoms with Gasteiger partial charge in [0.25, 0.3) is 5.91 Å². The van der Waals surface area contributed by atoms with Crippen LogP contribution in [-0.4, -0.2) is 5.91 Å². The number of hydrogen-bond acceptors (Lipinski definition) is 1. The van der Waals surface area contributed by atoms with E-state index in [4.69, 9.17) is 0 Å². The molecule has 0 aromatic heterocycles. The first kappa shape index (κ1) is 15.6. The van der Waals surface area contributed by atoms with E-state index in [1.807, 2.05) is 6.07 Å². The molecule has 0 atom stereocenters. The molecular formula is C15H11BrF3NO. The van der Waals surface area contributed by atoms with E-state index in [0.717, 1.165) is 17.7 Å². The maximum atomic E-state index is 12.9. The Kier molecular flexibility index (Phi) is 4.67. The lowest BCUT2D eigenvalue weighted by molar-refractivity contribution is -0.137. The van der Waals surface area contributed by atoms with Crippen LogP contribution >= 0.6 is 15.9 Å². The molecule has 1 amide bonds. The summed E-state index contributed by atoms with van der Waals surface area (Å²) in [5.41, 5.74) is 0.0271.